The maximum Gasteiger partial charge on any atom is 0.268 e. The van der Waals surface area contributed by atoms with Gasteiger partial charge >= 0.3 is 0 Å². The Morgan fingerprint density at radius 1 is 1.23 bits per heavy atom. The van der Waals surface area contributed by atoms with Gasteiger partial charge in [0.15, 0.2) is 6.73 Å². The standard InChI is InChI=1S/C26H25ClFN5O2/c1-26(2)13-32(17-7-8-17)12-15-10-16(6-9-19(15)26)30-25-29-11-18-23(31-25)35-14-33(24(18)34)22-20(27)4-3-5-21(22)28/h3-6,9-11,17H,7-8,12-14H2,1-2H3,(H,29,30,31). The van der Waals surface area contributed by atoms with Crippen LogP contribution in [0.2, 0.25) is 5.02 Å². The second-order valence-electron chi connectivity index (χ2n) is 10.0. The molecule has 1 aromatic heterocycles. The van der Waals surface area contributed by atoms with Gasteiger partial charge in [0.05, 0.1) is 5.02 Å². The molecule has 0 spiro atoms. The summed E-state index contributed by atoms with van der Waals surface area (Å²) < 4.78 is 20.0. The van der Waals surface area contributed by atoms with Crippen molar-refractivity contribution >= 4 is 34.8 Å². The third kappa shape index (κ3) is 4.00. The summed E-state index contributed by atoms with van der Waals surface area (Å²) in [6, 6.07) is 11.3. The summed E-state index contributed by atoms with van der Waals surface area (Å²) in [6.45, 7) is 6.41. The number of hydrogen-bond acceptors (Lipinski definition) is 6. The zero-order valence-corrected chi connectivity index (χ0v) is 20.3. The van der Waals surface area contributed by atoms with Crippen LogP contribution in [0.5, 0.6) is 5.88 Å². The average Bonchev–Trinajstić information content (AvgIpc) is 3.65. The minimum atomic E-state index is -0.604. The molecule has 180 valence electrons. The van der Waals surface area contributed by atoms with E-state index in [-0.39, 0.29) is 34.3 Å². The van der Waals surface area contributed by atoms with Crippen molar-refractivity contribution < 1.29 is 13.9 Å². The number of aromatic nitrogens is 2. The minimum absolute atomic E-state index is 0.0238. The Morgan fingerprint density at radius 3 is 2.83 bits per heavy atom. The highest BCUT2D eigenvalue weighted by Crippen LogP contribution is 2.40. The van der Waals surface area contributed by atoms with E-state index in [2.05, 4.69) is 46.2 Å². The van der Waals surface area contributed by atoms with Gasteiger partial charge in [-0.15, -0.1) is 0 Å². The molecule has 0 radical (unpaired) electrons. The van der Waals surface area contributed by atoms with Crippen molar-refractivity contribution in [1.29, 1.82) is 0 Å². The maximum absolute atomic E-state index is 14.4. The number of nitrogens with zero attached hydrogens (tertiary/aromatic N) is 4. The van der Waals surface area contributed by atoms with Gasteiger partial charge in [0, 0.05) is 36.4 Å². The molecule has 0 saturated heterocycles. The zero-order valence-electron chi connectivity index (χ0n) is 19.5. The van der Waals surface area contributed by atoms with Crippen LogP contribution in [0.25, 0.3) is 0 Å². The number of hydrogen-bond donors (Lipinski definition) is 1. The van der Waals surface area contributed by atoms with Gasteiger partial charge in [0.25, 0.3) is 5.91 Å². The molecule has 7 nitrogen and oxygen atoms in total. The zero-order chi connectivity index (χ0) is 24.3. The molecule has 3 aliphatic rings. The van der Waals surface area contributed by atoms with E-state index in [0.717, 1.165) is 23.7 Å². The topological polar surface area (TPSA) is 70.6 Å². The maximum atomic E-state index is 14.4. The second-order valence-corrected chi connectivity index (χ2v) is 10.4. The Balaban J connectivity index is 1.24. The molecular weight excluding hydrogens is 469 g/mol. The first-order chi connectivity index (χ1) is 16.8. The van der Waals surface area contributed by atoms with Gasteiger partial charge in [0.1, 0.15) is 17.1 Å². The van der Waals surface area contributed by atoms with Gasteiger partial charge < -0.3 is 10.1 Å². The molecule has 1 saturated carbocycles. The van der Waals surface area contributed by atoms with Gasteiger partial charge in [0.2, 0.25) is 11.8 Å². The summed E-state index contributed by atoms with van der Waals surface area (Å²) in [5.41, 5.74) is 3.77. The van der Waals surface area contributed by atoms with Crippen molar-refractivity contribution in [2.45, 2.75) is 44.7 Å². The fourth-order valence-corrected chi connectivity index (χ4v) is 5.35. The van der Waals surface area contributed by atoms with Crippen LogP contribution in [-0.2, 0) is 12.0 Å². The molecule has 1 fully saturated rings. The Bertz CT molecular complexity index is 1320. The number of carbonyl (C=O) groups is 1. The monoisotopic (exact) mass is 493 g/mol. The predicted octanol–water partition coefficient (Wildman–Crippen LogP) is 5.27. The Hall–Kier alpha value is -3.23. The molecule has 0 unspecified atom stereocenters. The van der Waals surface area contributed by atoms with Gasteiger partial charge in [-0.05, 0) is 48.2 Å². The Morgan fingerprint density at radius 2 is 2.06 bits per heavy atom. The van der Waals surface area contributed by atoms with Crippen molar-refractivity contribution in [2.75, 3.05) is 23.5 Å². The quantitative estimate of drug-likeness (QED) is 0.534. The van der Waals surface area contributed by atoms with Crippen LogP contribution in [-0.4, -0.2) is 40.1 Å². The van der Waals surface area contributed by atoms with E-state index in [1.165, 1.54) is 48.4 Å². The van der Waals surface area contributed by atoms with E-state index in [0.29, 0.717) is 12.0 Å². The molecule has 2 aliphatic heterocycles. The molecule has 3 heterocycles. The van der Waals surface area contributed by atoms with Gasteiger partial charge in [-0.2, -0.15) is 4.98 Å². The van der Waals surface area contributed by atoms with Gasteiger partial charge in [-0.25, -0.2) is 9.37 Å². The highest BCUT2D eigenvalue weighted by molar-refractivity contribution is 6.34. The number of amides is 1. The van der Waals surface area contributed by atoms with Crippen LogP contribution < -0.4 is 15.0 Å². The molecule has 2 aromatic carbocycles. The van der Waals surface area contributed by atoms with E-state index in [4.69, 9.17) is 16.3 Å². The van der Waals surface area contributed by atoms with Crippen LogP contribution in [0.1, 0.15) is 48.2 Å². The lowest BCUT2D eigenvalue weighted by Gasteiger charge is -2.40. The normalized spacial score (nSPS) is 19.1. The van der Waals surface area contributed by atoms with Crippen molar-refractivity contribution in [1.82, 2.24) is 14.9 Å². The molecule has 35 heavy (non-hydrogen) atoms. The van der Waals surface area contributed by atoms with Crippen LogP contribution in [0, 0.1) is 5.82 Å². The van der Waals surface area contributed by atoms with E-state index >= 15 is 0 Å². The van der Waals surface area contributed by atoms with Crippen LogP contribution in [0.15, 0.2) is 42.6 Å². The van der Waals surface area contributed by atoms with Crippen LogP contribution in [0.4, 0.5) is 21.7 Å². The lowest BCUT2D eigenvalue weighted by molar-refractivity contribution is 0.0931. The number of halogens is 2. The highest BCUT2D eigenvalue weighted by Gasteiger charge is 2.38. The fraction of sp³-hybridized carbons (Fsp3) is 0.346. The number of carbonyl (C=O) groups excluding carboxylic acids is 1. The van der Waals surface area contributed by atoms with E-state index in [1.807, 2.05) is 6.07 Å². The largest absolute Gasteiger partial charge is 0.455 e. The summed E-state index contributed by atoms with van der Waals surface area (Å²) in [5, 5.41) is 3.37. The third-order valence-electron chi connectivity index (χ3n) is 6.89. The lowest BCUT2D eigenvalue weighted by Crippen LogP contribution is -2.43. The molecule has 1 aliphatic carbocycles. The average molecular weight is 494 g/mol. The Labute approximate surface area is 207 Å². The highest BCUT2D eigenvalue weighted by atomic mass is 35.5. The predicted molar refractivity (Wildman–Crippen MR) is 132 cm³/mol. The van der Waals surface area contributed by atoms with Crippen molar-refractivity contribution in [3.05, 3.63) is 70.1 Å². The van der Waals surface area contributed by atoms with Crippen molar-refractivity contribution in [3.8, 4) is 5.88 Å². The SMILES string of the molecule is CC1(C)CN(C2CC2)Cc2cc(Nc3ncc4c(n3)OCN(c3c(F)cccc3Cl)C4=O)ccc21. The minimum Gasteiger partial charge on any atom is -0.455 e. The molecule has 6 rings (SSSR count). The first-order valence-electron chi connectivity index (χ1n) is 11.7. The summed E-state index contributed by atoms with van der Waals surface area (Å²) >= 11 is 6.13. The molecule has 1 amide bonds. The number of ether oxygens (including phenoxy) is 1. The van der Waals surface area contributed by atoms with E-state index in [9.17, 15) is 9.18 Å². The first-order valence-corrected chi connectivity index (χ1v) is 12.1. The summed E-state index contributed by atoms with van der Waals surface area (Å²) in [4.78, 5) is 25.5. The molecule has 9 heteroatoms. The number of rotatable bonds is 4. The van der Waals surface area contributed by atoms with Gasteiger partial charge in [-0.3, -0.25) is 14.6 Å². The second kappa shape index (κ2) is 8.17. The number of nitrogens with one attached hydrogen (secondary N) is 1. The number of anilines is 3. The van der Waals surface area contributed by atoms with Crippen LogP contribution in [0.3, 0.4) is 0 Å². The van der Waals surface area contributed by atoms with E-state index < -0.39 is 11.7 Å². The smallest absolute Gasteiger partial charge is 0.268 e. The number of fused-ring (bicyclic) bond motifs is 2. The van der Waals surface area contributed by atoms with E-state index in [1.54, 1.807) is 0 Å². The summed E-state index contributed by atoms with van der Waals surface area (Å²) in [7, 11) is 0. The molecule has 0 bridgehead atoms. The van der Waals surface area contributed by atoms with Gasteiger partial charge in [-0.1, -0.05) is 37.6 Å². The molecule has 3 aromatic rings. The first kappa shape index (κ1) is 22.2. The van der Waals surface area contributed by atoms with Crippen molar-refractivity contribution in [3.63, 3.8) is 0 Å². The van der Waals surface area contributed by atoms with Crippen molar-refractivity contribution in [2.24, 2.45) is 0 Å². The third-order valence-corrected chi connectivity index (χ3v) is 7.20. The summed E-state index contributed by atoms with van der Waals surface area (Å²) in [5.74, 6) is -0.605. The molecule has 0 atom stereocenters. The lowest BCUT2D eigenvalue weighted by atomic mass is 9.78. The molecular formula is C26H25ClFN5O2. The Kier molecular flexibility index (Phi) is 5.19. The molecule has 1 N–H and O–H groups in total. The number of para-hydroxylation sites is 1. The summed E-state index contributed by atoms with van der Waals surface area (Å²) in [6.07, 6.45) is 3.96. The number of benzene rings is 2. The fourth-order valence-electron chi connectivity index (χ4n) is 5.08. The van der Waals surface area contributed by atoms with Crippen LogP contribution >= 0.6 is 11.6 Å².